The number of nitrogens with zero attached hydrogens (tertiary/aromatic N) is 3. The molecule has 0 spiro atoms. The van der Waals surface area contributed by atoms with Gasteiger partial charge in [0.05, 0.1) is 6.20 Å². The maximum Gasteiger partial charge on any atom is 0.160 e. The van der Waals surface area contributed by atoms with Crippen molar-refractivity contribution in [2.75, 3.05) is 5.73 Å². The van der Waals surface area contributed by atoms with Crippen molar-refractivity contribution in [1.82, 2.24) is 14.6 Å². The molecule has 0 aliphatic carbocycles. The molecule has 2 heterocycles. The first-order valence-electron chi connectivity index (χ1n) is 4.75. The Labute approximate surface area is 82.8 Å². The summed E-state index contributed by atoms with van der Waals surface area (Å²) < 4.78 is 1.68. The molecule has 0 aliphatic rings. The van der Waals surface area contributed by atoms with Gasteiger partial charge in [0.15, 0.2) is 5.65 Å². The van der Waals surface area contributed by atoms with Crippen LogP contribution in [0.15, 0.2) is 18.5 Å². The van der Waals surface area contributed by atoms with Crippen LogP contribution in [0.1, 0.15) is 19.4 Å². The van der Waals surface area contributed by atoms with Gasteiger partial charge in [-0.1, -0.05) is 13.8 Å². The Morgan fingerprint density at radius 3 is 3.00 bits per heavy atom. The van der Waals surface area contributed by atoms with Gasteiger partial charge in [0.1, 0.15) is 5.82 Å². The topological polar surface area (TPSA) is 56.2 Å². The van der Waals surface area contributed by atoms with Gasteiger partial charge in [-0.15, -0.1) is 0 Å². The lowest BCUT2D eigenvalue weighted by Gasteiger charge is -2.02. The zero-order valence-corrected chi connectivity index (χ0v) is 8.44. The fourth-order valence-electron chi connectivity index (χ4n) is 1.54. The molecule has 0 fully saturated rings. The van der Waals surface area contributed by atoms with E-state index < -0.39 is 0 Å². The molecule has 0 saturated carbocycles. The summed E-state index contributed by atoms with van der Waals surface area (Å²) in [6.07, 6.45) is 4.55. The highest BCUT2D eigenvalue weighted by molar-refractivity contribution is 5.51. The van der Waals surface area contributed by atoms with Crippen LogP contribution >= 0.6 is 0 Å². The second kappa shape index (κ2) is 3.29. The van der Waals surface area contributed by atoms with Gasteiger partial charge < -0.3 is 5.73 Å². The highest BCUT2D eigenvalue weighted by Gasteiger charge is 2.07. The molecule has 0 amide bonds. The van der Waals surface area contributed by atoms with Gasteiger partial charge in [-0.2, -0.15) is 9.61 Å². The minimum Gasteiger partial charge on any atom is -0.384 e. The van der Waals surface area contributed by atoms with Crippen molar-refractivity contribution in [2.24, 2.45) is 5.92 Å². The third-order valence-electron chi connectivity index (χ3n) is 2.13. The molecule has 2 aromatic rings. The second-order valence-electron chi connectivity index (χ2n) is 3.87. The van der Waals surface area contributed by atoms with E-state index in [4.69, 9.17) is 5.73 Å². The van der Waals surface area contributed by atoms with Crippen molar-refractivity contribution in [2.45, 2.75) is 20.3 Å². The Morgan fingerprint density at radius 1 is 1.50 bits per heavy atom. The van der Waals surface area contributed by atoms with Crippen LogP contribution in [-0.2, 0) is 6.42 Å². The first-order valence-corrected chi connectivity index (χ1v) is 4.75. The van der Waals surface area contributed by atoms with Crippen LogP contribution in [0.5, 0.6) is 0 Å². The second-order valence-corrected chi connectivity index (χ2v) is 3.87. The van der Waals surface area contributed by atoms with Crippen molar-refractivity contribution < 1.29 is 0 Å². The Kier molecular flexibility index (Phi) is 2.11. The van der Waals surface area contributed by atoms with E-state index in [1.54, 1.807) is 16.8 Å². The maximum atomic E-state index is 5.76. The molecule has 14 heavy (non-hydrogen) atoms. The fraction of sp³-hybridized carbons (Fsp3) is 0.400. The summed E-state index contributed by atoms with van der Waals surface area (Å²) in [5, 5.41) is 4.20. The predicted octanol–water partition coefficient (Wildman–Crippen LogP) is 1.51. The van der Waals surface area contributed by atoms with E-state index in [9.17, 15) is 0 Å². The lowest BCUT2D eigenvalue weighted by molar-refractivity contribution is 0.649. The monoisotopic (exact) mass is 190 g/mol. The molecule has 0 radical (unpaired) electrons. The average Bonchev–Trinajstić information content (AvgIpc) is 2.49. The number of nitrogens with two attached hydrogens (primary N) is 1. The quantitative estimate of drug-likeness (QED) is 0.781. The smallest absolute Gasteiger partial charge is 0.160 e. The van der Waals surface area contributed by atoms with E-state index in [-0.39, 0.29) is 0 Å². The number of hydrogen-bond acceptors (Lipinski definition) is 3. The lowest BCUT2D eigenvalue weighted by atomic mass is 10.1. The van der Waals surface area contributed by atoms with Crippen LogP contribution in [0.4, 0.5) is 5.82 Å². The molecule has 0 unspecified atom stereocenters. The summed E-state index contributed by atoms with van der Waals surface area (Å²) in [5.74, 6) is 1.23. The van der Waals surface area contributed by atoms with Crippen LogP contribution < -0.4 is 5.73 Å². The van der Waals surface area contributed by atoms with Gasteiger partial charge in [-0.05, 0) is 18.4 Å². The van der Waals surface area contributed by atoms with E-state index in [0.29, 0.717) is 11.7 Å². The molecule has 0 aliphatic heterocycles. The minimum atomic E-state index is 0.603. The first-order chi connectivity index (χ1) is 6.68. The van der Waals surface area contributed by atoms with E-state index >= 15 is 0 Å². The summed E-state index contributed by atoms with van der Waals surface area (Å²) in [7, 11) is 0. The number of aromatic nitrogens is 3. The minimum absolute atomic E-state index is 0.603. The summed E-state index contributed by atoms with van der Waals surface area (Å²) in [5.41, 5.74) is 7.79. The average molecular weight is 190 g/mol. The van der Waals surface area contributed by atoms with E-state index in [1.165, 1.54) is 0 Å². The van der Waals surface area contributed by atoms with Crippen LogP contribution in [0.25, 0.3) is 5.65 Å². The SMILES string of the molecule is CC(C)Cc1cnn2c(N)ccnc12. The van der Waals surface area contributed by atoms with Gasteiger partial charge in [0, 0.05) is 11.8 Å². The van der Waals surface area contributed by atoms with Crippen LogP contribution in [-0.4, -0.2) is 14.6 Å². The molecule has 0 saturated heterocycles. The number of rotatable bonds is 2. The molecule has 0 bridgehead atoms. The Balaban J connectivity index is 2.52. The summed E-state index contributed by atoms with van der Waals surface area (Å²) in [6.45, 7) is 4.35. The van der Waals surface area contributed by atoms with Crippen molar-refractivity contribution in [3.63, 3.8) is 0 Å². The third-order valence-corrected chi connectivity index (χ3v) is 2.13. The molecular weight excluding hydrogens is 176 g/mol. The van der Waals surface area contributed by atoms with Crippen LogP contribution in [0.3, 0.4) is 0 Å². The van der Waals surface area contributed by atoms with Crippen LogP contribution in [0, 0.1) is 5.92 Å². The molecule has 4 nitrogen and oxygen atoms in total. The van der Waals surface area contributed by atoms with Gasteiger partial charge in [-0.25, -0.2) is 4.98 Å². The lowest BCUT2D eigenvalue weighted by Crippen LogP contribution is -2.00. The summed E-state index contributed by atoms with van der Waals surface area (Å²) in [4.78, 5) is 4.28. The molecule has 2 N–H and O–H groups in total. The zero-order valence-electron chi connectivity index (χ0n) is 8.44. The normalized spacial score (nSPS) is 11.4. The van der Waals surface area contributed by atoms with E-state index in [0.717, 1.165) is 17.6 Å². The predicted molar refractivity (Wildman–Crippen MR) is 55.9 cm³/mol. The molecule has 0 aromatic carbocycles. The standard InChI is InChI=1S/C10H14N4/c1-7(2)5-8-6-13-14-9(11)3-4-12-10(8)14/h3-4,6-7H,5,11H2,1-2H3. The summed E-state index contributed by atoms with van der Waals surface area (Å²) in [6, 6.07) is 1.75. The van der Waals surface area contributed by atoms with Gasteiger partial charge in [0.2, 0.25) is 0 Å². The number of hydrogen-bond donors (Lipinski definition) is 1. The van der Waals surface area contributed by atoms with Crippen molar-refractivity contribution >= 4 is 11.5 Å². The Bertz CT molecular complexity index is 444. The van der Waals surface area contributed by atoms with Gasteiger partial charge >= 0.3 is 0 Å². The van der Waals surface area contributed by atoms with Crippen molar-refractivity contribution in [3.8, 4) is 0 Å². The highest BCUT2D eigenvalue weighted by atomic mass is 15.3. The zero-order chi connectivity index (χ0) is 10.1. The van der Waals surface area contributed by atoms with E-state index in [2.05, 4.69) is 23.9 Å². The molecular formula is C10H14N4. The van der Waals surface area contributed by atoms with Crippen molar-refractivity contribution in [3.05, 3.63) is 24.0 Å². The largest absolute Gasteiger partial charge is 0.384 e. The fourth-order valence-corrected chi connectivity index (χ4v) is 1.54. The number of anilines is 1. The van der Waals surface area contributed by atoms with Crippen LogP contribution in [0.2, 0.25) is 0 Å². The number of fused-ring (bicyclic) bond motifs is 1. The highest BCUT2D eigenvalue weighted by Crippen LogP contribution is 2.14. The third kappa shape index (κ3) is 1.43. The Morgan fingerprint density at radius 2 is 2.29 bits per heavy atom. The summed E-state index contributed by atoms with van der Waals surface area (Å²) >= 11 is 0. The molecule has 74 valence electrons. The van der Waals surface area contributed by atoms with Gasteiger partial charge in [0.25, 0.3) is 0 Å². The van der Waals surface area contributed by atoms with E-state index in [1.807, 2.05) is 6.20 Å². The maximum absolute atomic E-state index is 5.76. The van der Waals surface area contributed by atoms with Gasteiger partial charge in [-0.3, -0.25) is 0 Å². The number of nitrogen functional groups attached to an aromatic ring is 1. The molecule has 0 atom stereocenters. The first kappa shape index (κ1) is 8.99. The van der Waals surface area contributed by atoms with Crippen molar-refractivity contribution in [1.29, 1.82) is 0 Å². The molecule has 2 rings (SSSR count). The molecule has 2 aromatic heterocycles. The molecule has 4 heteroatoms. The Hall–Kier alpha value is -1.58.